The van der Waals surface area contributed by atoms with E-state index < -0.39 is 0 Å². The van der Waals surface area contributed by atoms with Crippen LogP contribution in [-0.2, 0) is 0 Å². The molecule has 1 aliphatic carbocycles. The van der Waals surface area contributed by atoms with E-state index in [9.17, 15) is 0 Å². The van der Waals surface area contributed by atoms with Crippen molar-refractivity contribution >= 4 is 0 Å². The van der Waals surface area contributed by atoms with Crippen molar-refractivity contribution in [3.8, 4) is 5.75 Å². The second-order valence-corrected chi connectivity index (χ2v) is 3.13. The first-order chi connectivity index (χ1) is 6.86. The van der Waals surface area contributed by atoms with Crippen molar-refractivity contribution in [2.45, 2.75) is 13.3 Å². The number of ether oxygens (including phenoxy) is 1. The molecule has 0 N–H and O–H groups in total. The Morgan fingerprint density at radius 2 is 2.36 bits per heavy atom. The number of nitrogens with zero attached hydrogens (tertiary/aromatic N) is 1. The minimum atomic E-state index is 0.824. The van der Waals surface area contributed by atoms with Crippen molar-refractivity contribution in [3.63, 3.8) is 0 Å². The first-order valence-corrected chi connectivity index (χ1v) is 4.66. The van der Waals surface area contributed by atoms with Gasteiger partial charge >= 0.3 is 0 Å². The Labute approximate surface area is 83.9 Å². The molecular weight excluding hydrogens is 174 g/mol. The van der Waals surface area contributed by atoms with Crippen LogP contribution in [0.1, 0.15) is 12.1 Å². The van der Waals surface area contributed by atoms with Crippen molar-refractivity contribution in [1.29, 1.82) is 0 Å². The zero-order chi connectivity index (χ0) is 9.80. The molecule has 1 aromatic heterocycles. The summed E-state index contributed by atoms with van der Waals surface area (Å²) in [6, 6.07) is 3.80. The predicted octanol–water partition coefficient (Wildman–Crippen LogP) is 2.82. The fourth-order valence-electron chi connectivity index (χ4n) is 1.27. The highest BCUT2D eigenvalue weighted by atomic mass is 16.5. The highest BCUT2D eigenvalue weighted by molar-refractivity contribution is 5.31. The summed E-state index contributed by atoms with van der Waals surface area (Å²) in [5.74, 6) is 1.72. The summed E-state index contributed by atoms with van der Waals surface area (Å²) in [6.07, 6.45) is 10.8. The third-order valence-electron chi connectivity index (χ3n) is 2.04. The molecule has 0 amide bonds. The van der Waals surface area contributed by atoms with Crippen LogP contribution in [0.4, 0.5) is 0 Å². The van der Waals surface area contributed by atoms with Crippen LogP contribution in [0.25, 0.3) is 0 Å². The van der Waals surface area contributed by atoms with E-state index >= 15 is 0 Å². The average Bonchev–Trinajstić information content (AvgIpc) is 2.23. The number of pyridine rings is 1. The van der Waals surface area contributed by atoms with Gasteiger partial charge in [-0.05, 0) is 44.1 Å². The Morgan fingerprint density at radius 1 is 1.43 bits per heavy atom. The van der Waals surface area contributed by atoms with Gasteiger partial charge in [0.15, 0.2) is 0 Å². The van der Waals surface area contributed by atoms with E-state index in [1.807, 2.05) is 37.3 Å². The Hall–Kier alpha value is -1.57. The SMILES string of the molecule is Cc1ncccc1OC1=CC[CH]C=C1. The molecule has 0 atom stereocenters. The molecule has 0 aromatic carbocycles. The van der Waals surface area contributed by atoms with E-state index in [-0.39, 0.29) is 0 Å². The summed E-state index contributed by atoms with van der Waals surface area (Å²) in [4.78, 5) is 4.16. The lowest BCUT2D eigenvalue weighted by molar-refractivity contribution is 0.435. The second-order valence-electron chi connectivity index (χ2n) is 3.13. The van der Waals surface area contributed by atoms with Gasteiger partial charge in [0.1, 0.15) is 11.5 Å². The fourth-order valence-corrected chi connectivity index (χ4v) is 1.27. The molecule has 0 fully saturated rings. The third kappa shape index (κ3) is 2.02. The quantitative estimate of drug-likeness (QED) is 0.708. The maximum absolute atomic E-state index is 5.68. The normalized spacial score (nSPS) is 15.1. The lowest BCUT2D eigenvalue weighted by atomic mass is 10.2. The highest BCUT2D eigenvalue weighted by Gasteiger charge is 2.03. The van der Waals surface area contributed by atoms with Crippen molar-refractivity contribution in [2.24, 2.45) is 0 Å². The summed E-state index contributed by atoms with van der Waals surface area (Å²) < 4.78 is 5.68. The Balaban J connectivity index is 2.14. The maximum atomic E-state index is 5.68. The monoisotopic (exact) mass is 186 g/mol. The Morgan fingerprint density at radius 3 is 3.07 bits per heavy atom. The van der Waals surface area contributed by atoms with Crippen LogP contribution < -0.4 is 4.74 Å². The summed E-state index contributed by atoms with van der Waals surface area (Å²) >= 11 is 0. The molecule has 0 bridgehead atoms. The van der Waals surface area contributed by atoms with Gasteiger partial charge in [-0.1, -0.05) is 6.08 Å². The molecule has 0 saturated carbocycles. The number of rotatable bonds is 2. The summed E-state index contributed by atoms with van der Waals surface area (Å²) in [5, 5.41) is 0. The maximum Gasteiger partial charge on any atom is 0.148 e. The van der Waals surface area contributed by atoms with Gasteiger partial charge < -0.3 is 4.74 Å². The van der Waals surface area contributed by atoms with E-state index in [0.29, 0.717) is 0 Å². The predicted molar refractivity (Wildman–Crippen MR) is 55.7 cm³/mol. The Bertz CT molecular complexity index is 380. The van der Waals surface area contributed by atoms with Gasteiger partial charge in [0.05, 0.1) is 5.69 Å². The van der Waals surface area contributed by atoms with Crippen LogP contribution in [0.2, 0.25) is 0 Å². The molecule has 2 nitrogen and oxygen atoms in total. The zero-order valence-electron chi connectivity index (χ0n) is 8.10. The first kappa shape index (κ1) is 9.00. The summed E-state index contributed by atoms with van der Waals surface area (Å²) in [7, 11) is 0. The van der Waals surface area contributed by atoms with Crippen molar-refractivity contribution in [2.75, 3.05) is 0 Å². The van der Waals surface area contributed by atoms with Crippen molar-refractivity contribution < 1.29 is 4.74 Å². The van der Waals surface area contributed by atoms with Gasteiger partial charge in [-0.15, -0.1) is 0 Å². The third-order valence-corrected chi connectivity index (χ3v) is 2.04. The van der Waals surface area contributed by atoms with Crippen LogP contribution >= 0.6 is 0 Å². The van der Waals surface area contributed by atoms with Crippen LogP contribution in [0.15, 0.2) is 42.3 Å². The number of hydrogen-bond donors (Lipinski definition) is 0. The Kier molecular flexibility index (Phi) is 2.63. The van der Waals surface area contributed by atoms with Gasteiger partial charge in [0.25, 0.3) is 0 Å². The van der Waals surface area contributed by atoms with Crippen LogP contribution in [0, 0.1) is 13.3 Å². The van der Waals surface area contributed by atoms with Gasteiger partial charge in [0.2, 0.25) is 0 Å². The van der Waals surface area contributed by atoms with E-state index in [0.717, 1.165) is 23.6 Å². The average molecular weight is 186 g/mol. The molecule has 1 aliphatic rings. The topological polar surface area (TPSA) is 22.1 Å². The minimum Gasteiger partial charge on any atom is -0.456 e. The van der Waals surface area contributed by atoms with E-state index in [2.05, 4.69) is 11.4 Å². The molecule has 0 aliphatic heterocycles. The van der Waals surface area contributed by atoms with Gasteiger partial charge in [-0.3, -0.25) is 4.98 Å². The molecule has 1 heterocycles. The van der Waals surface area contributed by atoms with E-state index in [1.165, 1.54) is 0 Å². The van der Waals surface area contributed by atoms with E-state index in [4.69, 9.17) is 4.74 Å². The fraction of sp³-hybridized carbons (Fsp3) is 0.167. The standard InChI is InChI=1S/C12H12NO/c1-10-12(8-5-9-13-10)14-11-6-3-2-4-7-11/h2-3,5-9H,4H2,1H3. The highest BCUT2D eigenvalue weighted by Crippen LogP contribution is 2.19. The lowest BCUT2D eigenvalue weighted by Gasteiger charge is -2.10. The van der Waals surface area contributed by atoms with Gasteiger partial charge in [-0.25, -0.2) is 0 Å². The molecule has 14 heavy (non-hydrogen) atoms. The van der Waals surface area contributed by atoms with Crippen molar-refractivity contribution in [3.05, 3.63) is 54.4 Å². The molecule has 0 unspecified atom stereocenters. The molecule has 2 heteroatoms. The number of hydrogen-bond acceptors (Lipinski definition) is 2. The lowest BCUT2D eigenvalue weighted by Crippen LogP contribution is -1.97. The van der Waals surface area contributed by atoms with Crippen LogP contribution in [-0.4, -0.2) is 4.98 Å². The van der Waals surface area contributed by atoms with Crippen LogP contribution in [0.5, 0.6) is 5.75 Å². The molecule has 0 spiro atoms. The van der Waals surface area contributed by atoms with Gasteiger partial charge in [-0.2, -0.15) is 0 Å². The molecule has 1 aromatic rings. The number of aryl methyl sites for hydroxylation is 1. The molecule has 0 saturated heterocycles. The summed E-state index contributed by atoms with van der Waals surface area (Å²) in [5.41, 5.74) is 0.913. The molecular formula is C12H12NO. The number of allylic oxidation sites excluding steroid dienone is 3. The largest absolute Gasteiger partial charge is 0.456 e. The smallest absolute Gasteiger partial charge is 0.148 e. The zero-order valence-corrected chi connectivity index (χ0v) is 8.10. The van der Waals surface area contributed by atoms with Gasteiger partial charge in [0, 0.05) is 6.20 Å². The number of aromatic nitrogens is 1. The minimum absolute atomic E-state index is 0.824. The second kappa shape index (κ2) is 4.09. The summed E-state index contributed by atoms with van der Waals surface area (Å²) in [6.45, 7) is 1.94. The molecule has 1 radical (unpaired) electrons. The van der Waals surface area contributed by atoms with E-state index in [1.54, 1.807) is 6.20 Å². The first-order valence-electron chi connectivity index (χ1n) is 4.66. The van der Waals surface area contributed by atoms with Crippen LogP contribution in [0.3, 0.4) is 0 Å². The van der Waals surface area contributed by atoms with Crippen molar-refractivity contribution in [1.82, 2.24) is 4.98 Å². The molecule has 2 rings (SSSR count). The molecule has 71 valence electrons.